The van der Waals surface area contributed by atoms with Gasteiger partial charge in [0.15, 0.2) is 6.04 Å². The van der Waals surface area contributed by atoms with E-state index in [4.69, 9.17) is 4.74 Å². The van der Waals surface area contributed by atoms with Crippen LogP contribution in [-0.4, -0.2) is 54.2 Å². The maximum Gasteiger partial charge on any atom is 0.407 e. The Balaban J connectivity index is 1.44. The molecule has 3 aromatic rings. The number of hydrogen-bond donors (Lipinski definition) is 3. The number of carbonyl (C=O) groups excluding carboxylic acids is 1. The first-order chi connectivity index (χ1) is 16.1. The third-order valence-corrected chi connectivity index (χ3v) is 7.93. The SMILES string of the molecule is CCNC(=O)OCc1ccccc1-c1cccc2cc(C(O)=[NH+][C@H]3CN4CCC3CC4)sc12. The maximum absolute atomic E-state index is 11.8. The molecule has 6 nitrogen and oxygen atoms in total. The number of rotatable bonds is 6. The molecule has 2 aromatic carbocycles. The lowest BCUT2D eigenvalue weighted by Crippen LogP contribution is -2.86. The average Bonchev–Trinajstić information content (AvgIpc) is 3.29. The van der Waals surface area contributed by atoms with E-state index in [1.54, 1.807) is 11.3 Å². The second kappa shape index (κ2) is 9.53. The number of nitrogens with one attached hydrogen (secondary N) is 2. The first kappa shape index (κ1) is 21.9. The minimum atomic E-state index is -0.415. The fraction of sp³-hybridized carbons (Fsp3) is 0.385. The zero-order valence-corrected chi connectivity index (χ0v) is 19.7. The molecule has 0 aliphatic carbocycles. The number of piperidine rings is 3. The molecule has 0 spiro atoms. The Kier molecular flexibility index (Phi) is 6.33. The van der Waals surface area contributed by atoms with Crippen LogP contribution in [0.5, 0.6) is 0 Å². The van der Waals surface area contributed by atoms with Gasteiger partial charge in [-0.1, -0.05) is 42.5 Å². The van der Waals surface area contributed by atoms with Crippen molar-refractivity contribution in [2.75, 3.05) is 26.2 Å². The molecule has 6 rings (SSSR count). The van der Waals surface area contributed by atoms with E-state index in [2.05, 4.69) is 39.5 Å². The summed E-state index contributed by atoms with van der Waals surface area (Å²) in [4.78, 5) is 18.5. The third-order valence-electron chi connectivity index (χ3n) is 6.74. The molecule has 3 aliphatic rings. The highest BCUT2D eigenvalue weighted by Gasteiger charge is 2.38. The average molecular weight is 465 g/mol. The molecule has 172 valence electrons. The zero-order chi connectivity index (χ0) is 22.8. The van der Waals surface area contributed by atoms with Gasteiger partial charge >= 0.3 is 12.0 Å². The highest BCUT2D eigenvalue weighted by Crippen LogP contribution is 2.36. The number of benzene rings is 2. The number of ether oxygens (including phenoxy) is 1. The van der Waals surface area contributed by atoms with E-state index >= 15 is 0 Å². The molecule has 3 N–H and O–H groups in total. The standard InChI is InChI=1S/C26H29N3O3S/c1-2-27-26(31)32-16-19-6-3-4-8-20(19)21-9-5-7-18-14-23(33-24(18)21)25(30)28-22-15-29-12-10-17(22)11-13-29/h3-9,14,17,22H,2,10-13,15-16H2,1H3,(H,27,31)(H,28,30)/p+1/t22-/m0/s1. The molecule has 0 saturated carbocycles. The molecule has 1 atom stereocenters. The second-order valence-corrected chi connectivity index (χ2v) is 9.89. The van der Waals surface area contributed by atoms with Gasteiger partial charge in [-0.2, -0.15) is 0 Å². The van der Waals surface area contributed by atoms with Crippen molar-refractivity contribution in [3.63, 3.8) is 0 Å². The number of alkyl carbamates (subject to hydrolysis) is 1. The lowest BCUT2D eigenvalue weighted by molar-refractivity contribution is -0.529. The Labute approximate surface area is 197 Å². The molecule has 0 unspecified atom stereocenters. The van der Waals surface area contributed by atoms with Crippen LogP contribution < -0.4 is 10.3 Å². The highest BCUT2D eigenvalue weighted by molar-refractivity contribution is 7.21. The van der Waals surface area contributed by atoms with Crippen molar-refractivity contribution in [3.05, 3.63) is 59.0 Å². The van der Waals surface area contributed by atoms with Gasteiger partial charge in [0.1, 0.15) is 11.5 Å². The van der Waals surface area contributed by atoms with Crippen LogP contribution in [0.15, 0.2) is 48.5 Å². The van der Waals surface area contributed by atoms with E-state index < -0.39 is 6.09 Å². The number of hydrogen-bond acceptors (Lipinski definition) is 4. The van der Waals surface area contributed by atoms with Gasteiger partial charge in [-0.05, 0) is 61.0 Å². The minimum Gasteiger partial charge on any atom is -0.459 e. The van der Waals surface area contributed by atoms with Gasteiger partial charge in [-0.3, -0.25) is 4.90 Å². The van der Waals surface area contributed by atoms with Gasteiger partial charge in [0.25, 0.3) is 0 Å². The van der Waals surface area contributed by atoms with Crippen LogP contribution in [0, 0.1) is 5.92 Å². The smallest absolute Gasteiger partial charge is 0.407 e. The van der Waals surface area contributed by atoms with Gasteiger partial charge in [0.05, 0.1) is 6.54 Å². The lowest BCUT2D eigenvalue weighted by Gasteiger charge is -2.40. The maximum atomic E-state index is 11.8. The Hall–Kier alpha value is -2.90. The Morgan fingerprint density at radius 1 is 1.18 bits per heavy atom. The van der Waals surface area contributed by atoms with Gasteiger partial charge < -0.3 is 15.2 Å². The molecule has 1 amide bonds. The molecule has 1 aromatic heterocycles. The normalized spacial score (nSPS) is 22.5. The van der Waals surface area contributed by atoms with Crippen molar-refractivity contribution in [1.29, 1.82) is 0 Å². The van der Waals surface area contributed by atoms with Crippen molar-refractivity contribution in [2.45, 2.75) is 32.4 Å². The van der Waals surface area contributed by atoms with Crippen LogP contribution in [0.4, 0.5) is 4.79 Å². The van der Waals surface area contributed by atoms with Gasteiger partial charge in [0.2, 0.25) is 0 Å². The van der Waals surface area contributed by atoms with E-state index in [1.165, 1.54) is 25.9 Å². The highest BCUT2D eigenvalue weighted by atomic mass is 32.1. The summed E-state index contributed by atoms with van der Waals surface area (Å²) in [6, 6.07) is 16.6. The first-order valence-electron chi connectivity index (χ1n) is 11.7. The van der Waals surface area contributed by atoms with Crippen LogP contribution in [0.25, 0.3) is 21.2 Å². The number of aliphatic hydroxyl groups is 1. The van der Waals surface area contributed by atoms with Crippen LogP contribution in [0.1, 0.15) is 30.2 Å². The number of thiophene rings is 1. The minimum absolute atomic E-state index is 0.203. The summed E-state index contributed by atoms with van der Waals surface area (Å²) >= 11 is 1.59. The molecule has 4 heterocycles. The summed E-state index contributed by atoms with van der Waals surface area (Å²) in [5.41, 5.74) is 3.06. The predicted octanol–water partition coefficient (Wildman–Crippen LogP) is 3.29. The summed E-state index contributed by atoms with van der Waals surface area (Å²) in [7, 11) is 0. The van der Waals surface area contributed by atoms with Gasteiger partial charge in [-0.25, -0.2) is 9.79 Å². The Bertz CT molecular complexity index is 1180. The van der Waals surface area contributed by atoms with Gasteiger partial charge in [-0.15, -0.1) is 11.3 Å². The van der Waals surface area contributed by atoms with E-state index in [9.17, 15) is 9.90 Å². The third kappa shape index (κ3) is 4.61. The molecular formula is C26H30N3O3S+. The lowest BCUT2D eigenvalue weighted by atomic mass is 9.84. The molecular weight excluding hydrogens is 434 g/mol. The first-order valence-corrected chi connectivity index (χ1v) is 12.5. The summed E-state index contributed by atoms with van der Waals surface area (Å²) in [5, 5.41) is 14.7. The summed E-state index contributed by atoms with van der Waals surface area (Å²) < 4.78 is 6.50. The van der Waals surface area contributed by atoms with Crippen molar-refractivity contribution in [3.8, 4) is 11.1 Å². The van der Waals surface area contributed by atoms with E-state index in [1.807, 2.05) is 31.2 Å². The number of amides is 1. The summed E-state index contributed by atoms with van der Waals surface area (Å²) in [5.74, 6) is 0.910. The van der Waals surface area contributed by atoms with Crippen molar-refractivity contribution >= 4 is 33.4 Å². The topological polar surface area (TPSA) is 75.8 Å². The Morgan fingerprint density at radius 2 is 1.97 bits per heavy atom. The molecule has 7 heteroatoms. The summed E-state index contributed by atoms with van der Waals surface area (Å²) in [6.45, 7) is 5.96. The summed E-state index contributed by atoms with van der Waals surface area (Å²) in [6.07, 6.45) is 2.00. The number of nitrogens with zero attached hydrogens (tertiary/aromatic N) is 1. The van der Waals surface area contributed by atoms with Gasteiger partial charge in [0, 0.05) is 17.2 Å². The zero-order valence-electron chi connectivity index (χ0n) is 18.8. The van der Waals surface area contributed by atoms with Crippen LogP contribution >= 0.6 is 11.3 Å². The van der Waals surface area contributed by atoms with E-state index in [-0.39, 0.29) is 12.5 Å². The van der Waals surface area contributed by atoms with Crippen molar-refractivity contribution < 1.29 is 19.6 Å². The molecule has 2 bridgehead atoms. The van der Waals surface area contributed by atoms with Crippen LogP contribution in [0.2, 0.25) is 0 Å². The van der Waals surface area contributed by atoms with Crippen molar-refractivity contribution in [1.82, 2.24) is 10.2 Å². The van der Waals surface area contributed by atoms with E-state index in [0.717, 1.165) is 38.2 Å². The van der Waals surface area contributed by atoms with E-state index in [0.29, 0.717) is 18.5 Å². The predicted molar refractivity (Wildman–Crippen MR) is 132 cm³/mol. The van der Waals surface area contributed by atoms with Crippen LogP contribution in [0.3, 0.4) is 0 Å². The number of fused-ring (bicyclic) bond motifs is 4. The second-order valence-electron chi connectivity index (χ2n) is 8.84. The molecule has 3 saturated heterocycles. The van der Waals surface area contributed by atoms with Crippen molar-refractivity contribution in [2.24, 2.45) is 5.92 Å². The Morgan fingerprint density at radius 3 is 2.73 bits per heavy atom. The monoisotopic (exact) mass is 464 g/mol. The number of carbonyl (C=O) groups is 1. The molecule has 33 heavy (non-hydrogen) atoms. The largest absolute Gasteiger partial charge is 0.459 e. The number of aliphatic hydroxyl groups excluding tert-OH is 1. The quantitative estimate of drug-likeness (QED) is 0.387. The van der Waals surface area contributed by atoms with Crippen LogP contribution in [-0.2, 0) is 11.3 Å². The molecule has 3 aliphatic heterocycles. The molecule has 0 radical (unpaired) electrons. The fourth-order valence-electron chi connectivity index (χ4n) is 5.01. The fourth-order valence-corrected chi connectivity index (χ4v) is 6.11. The molecule has 3 fully saturated rings.